The highest BCUT2D eigenvalue weighted by Gasteiger charge is 2.42. The molecule has 5 nitrogen and oxygen atoms in total. The number of fused-ring (bicyclic) bond motifs is 1. The monoisotopic (exact) mass is 339 g/mol. The normalized spacial score (nSPS) is 17.0. The van der Waals surface area contributed by atoms with E-state index in [-0.39, 0.29) is 6.07 Å². The molecule has 0 aliphatic carbocycles. The molecular formula is C17H22ClNO4. The molecule has 1 aliphatic heterocycles. The number of rotatable bonds is 2. The van der Waals surface area contributed by atoms with Crippen LogP contribution < -0.4 is 4.90 Å². The Balaban J connectivity index is 2.47. The first-order valence-corrected chi connectivity index (χ1v) is 8.03. The van der Waals surface area contributed by atoms with Gasteiger partial charge in [0.1, 0.15) is 11.6 Å². The second-order valence-electron chi connectivity index (χ2n) is 6.67. The average molecular weight is 340 g/mol. The largest absolute Gasteiger partial charge is 0.448 e. The third-order valence-electron chi connectivity index (χ3n) is 3.73. The van der Waals surface area contributed by atoms with Crippen molar-refractivity contribution in [3.05, 3.63) is 28.8 Å². The summed E-state index contributed by atoms with van der Waals surface area (Å²) in [6, 6.07) is 2.92. The summed E-state index contributed by atoms with van der Waals surface area (Å²) in [6.45, 7) is 9.23. The fourth-order valence-electron chi connectivity index (χ4n) is 2.76. The molecule has 126 valence electrons. The first-order chi connectivity index (χ1) is 10.7. The summed E-state index contributed by atoms with van der Waals surface area (Å²) in [4.78, 5) is 26.3. The van der Waals surface area contributed by atoms with Crippen LogP contribution in [0.3, 0.4) is 0 Å². The molecule has 0 saturated heterocycles. The van der Waals surface area contributed by atoms with Gasteiger partial charge in [0.05, 0.1) is 5.69 Å². The van der Waals surface area contributed by atoms with E-state index in [1.807, 2.05) is 26.0 Å². The molecule has 1 unspecified atom stereocenters. The number of aryl methyl sites for hydroxylation is 2. The minimum Gasteiger partial charge on any atom is -0.448 e. The zero-order valence-electron chi connectivity index (χ0n) is 14.1. The first kappa shape index (κ1) is 17.6. The van der Waals surface area contributed by atoms with Gasteiger partial charge in [-0.1, -0.05) is 23.7 Å². The number of hydrogen-bond acceptors (Lipinski definition) is 4. The van der Waals surface area contributed by atoms with Crippen LogP contribution in [0.5, 0.6) is 0 Å². The van der Waals surface area contributed by atoms with E-state index >= 15 is 0 Å². The molecule has 23 heavy (non-hydrogen) atoms. The molecule has 1 heterocycles. The molecule has 1 aliphatic rings. The third-order valence-corrected chi connectivity index (χ3v) is 3.84. The highest BCUT2D eigenvalue weighted by atomic mass is 35.5. The van der Waals surface area contributed by atoms with Gasteiger partial charge in [-0.25, -0.2) is 9.59 Å². The van der Waals surface area contributed by atoms with Gasteiger partial charge in [0.2, 0.25) is 0 Å². The molecule has 1 atom stereocenters. The van der Waals surface area contributed by atoms with E-state index < -0.39 is 23.7 Å². The molecule has 0 N–H and O–H groups in total. The molecular weight excluding hydrogens is 318 g/mol. The topological polar surface area (TPSA) is 55.8 Å². The zero-order valence-corrected chi connectivity index (χ0v) is 14.9. The van der Waals surface area contributed by atoms with Crippen LogP contribution in [0, 0.1) is 13.8 Å². The molecule has 6 heteroatoms. The van der Waals surface area contributed by atoms with Crippen LogP contribution >= 0.6 is 11.6 Å². The van der Waals surface area contributed by atoms with Crippen molar-refractivity contribution in [1.29, 1.82) is 0 Å². The number of amides is 1. The Hall–Kier alpha value is -1.75. The molecule has 1 aromatic carbocycles. The van der Waals surface area contributed by atoms with Crippen molar-refractivity contribution in [2.24, 2.45) is 0 Å². The van der Waals surface area contributed by atoms with E-state index in [0.29, 0.717) is 6.42 Å². The summed E-state index contributed by atoms with van der Waals surface area (Å²) in [7, 11) is 0. The summed E-state index contributed by atoms with van der Waals surface area (Å²) in [5, 5.41) is 0. The Morgan fingerprint density at radius 3 is 2.43 bits per heavy atom. The number of nitrogens with zero attached hydrogens (tertiary/aromatic N) is 1. The summed E-state index contributed by atoms with van der Waals surface area (Å²) >= 11 is 5.50. The minimum absolute atomic E-state index is 0.244. The lowest BCUT2D eigenvalue weighted by Gasteiger charge is -2.28. The number of hydrogen-bond donors (Lipinski definition) is 0. The maximum absolute atomic E-state index is 12.7. The SMILES string of the molecule is Cc1ccc(C)c2c1CC(C(=O)OCCl)N2C(=O)OC(C)(C)C. The Labute approximate surface area is 141 Å². The fourth-order valence-corrected chi connectivity index (χ4v) is 2.86. The molecule has 0 spiro atoms. The number of halogens is 1. The van der Waals surface area contributed by atoms with Crippen molar-refractivity contribution < 1.29 is 19.1 Å². The lowest BCUT2D eigenvalue weighted by atomic mass is 10.0. The van der Waals surface area contributed by atoms with Crippen LogP contribution in [-0.2, 0) is 20.7 Å². The Morgan fingerprint density at radius 1 is 1.26 bits per heavy atom. The van der Waals surface area contributed by atoms with Gasteiger partial charge in [-0.2, -0.15) is 0 Å². The van der Waals surface area contributed by atoms with Gasteiger partial charge in [-0.15, -0.1) is 0 Å². The van der Waals surface area contributed by atoms with E-state index in [2.05, 4.69) is 0 Å². The summed E-state index contributed by atoms with van der Waals surface area (Å²) in [5.41, 5.74) is 2.99. The summed E-state index contributed by atoms with van der Waals surface area (Å²) in [5.74, 6) is -0.527. The number of carbonyl (C=O) groups excluding carboxylic acids is 2. The number of anilines is 1. The van der Waals surface area contributed by atoms with Gasteiger partial charge in [-0.3, -0.25) is 4.90 Å². The van der Waals surface area contributed by atoms with Gasteiger partial charge in [0, 0.05) is 6.42 Å². The van der Waals surface area contributed by atoms with Gasteiger partial charge < -0.3 is 9.47 Å². The number of alkyl halides is 1. The quantitative estimate of drug-likeness (QED) is 0.609. The predicted molar refractivity (Wildman–Crippen MR) is 88.9 cm³/mol. The molecule has 0 bridgehead atoms. The van der Waals surface area contributed by atoms with E-state index in [0.717, 1.165) is 22.4 Å². The van der Waals surface area contributed by atoms with Crippen molar-refractivity contribution in [2.45, 2.75) is 52.7 Å². The van der Waals surface area contributed by atoms with E-state index in [1.165, 1.54) is 4.90 Å². The minimum atomic E-state index is -0.751. The maximum Gasteiger partial charge on any atom is 0.415 e. The number of carbonyl (C=O) groups is 2. The Kier molecular flexibility index (Phi) is 4.90. The average Bonchev–Trinajstić information content (AvgIpc) is 2.83. The van der Waals surface area contributed by atoms with Gasteiger partial charge >= 0.3 is 12.1 Å². The molecule has 0 aromatic heterocycles. The van der Waals surface area contributed by atoms with E-state index in [9.17, 15) is 9.59 Å². The summed E-state index contributed by atoms with van der Waals surface area (Å²) in [6.07, 6.45) is -0.154. The molecule has 0 fully saturated rings. The van der Waals surface area contributed by atoms with Crippen molar-refractivity contribution in [3.63, 3.8) is 0 Å². The van der Waals surface area contributed by atoms with Crippen LogP contribution in [0.2, 0.25) is 0 Å². The van der Waals surface area contributed by atoms with Crippen LogP contribution in [0.4, 0.5) is 10.5 Å². The molecule has 0 radical (unpaired) electrons. The Bertz CT molecular complexity index is 636. The number of esters is 1. The van der Waals surface area contributed by atoms with Crippen LogP contribution in [-0.4, -0.2) is 29.8 Å². The molecule has 2 rings (SSSR count). The number of ether oxygens (including phenoxy) is 2. The van der Waals surface area contributed by atoms with Crippen LogP contribution in [0.15, 0.2) is 12.1 Å². The van der Waals surface area contributed by atoms with Crippen molar-refractivity contribution in [2.75, 3.05) is 11.0 Å². The van der Waals surface area contributed by atoms with Crippen LogP contribution in [0.1, 0.15) is 37.5 Å². The lowest BCUT2D eigenvalue weighted by Crippen LogP contribution is -2.46. The van der Waals surface area contributed by atoms with Crippen molar-refractivity contribution >= 4 is 29.4 Å². The smallest absolute Gasteiger partial charge is 0.415 e. The van der Waals surface area contributed by atoms with E-state index in [1.54, 1.807) is 20.8 Å². The molecule has 0 saturated carbocycles. The van der Waals surface area contributed by atoms with Gasteiger partial charge in [0.15, 0.2) is 6.07 Å². The predicted octanol–water partition coefficient (Wildman–Crippen LogP) is 3.71. The van der Waals surface area contributed by atoms with Gasteiger partial charge in [0.25, 0.3) is 0 Å². The highest BCUT2D eigenvalue weighted by molar-refractivity contribution is 6.17. The van der Waals surface area contributed by atoms with Crippen molar-refractivity contribution in [1.82, 2.24) is 0 Å². The Morgan fingerprint density at radius 2 is 1.87 bits per heavy atom. The first-order valence-electron chi connectivity index (χ1n) is 7.49. The third kappa shape index (κ3) is 3.61. The fraction of sp³-hybridized carbons (Fsp3) is 0.529. The van der Waals surface area contributed by atoms with Gasteiger partial charge in [-0.05, 0) is 51.3 Å². The second kappa shape index (κ2) is 6.40. The summed E-state index contributed by atoms with van der Waals surface area (Å²) < 4.78 is 10.4. The molecule has 1 aromatic rings. The highest BCUT2D eigenvalue weighted by Crippen LogP contribution is 2.38. The zero-order chi connectivity index (χ0) is 17.4. The lowest BCUT2D eigenvalue weighted by molar-refractivity contribution is -0.143. The number of benzene rings is 1. The van der Waals surface area contributed by atoms with Crippen LogP contribution in [0.25, 0.3) is 0 Å². The van der Waals surface area contributed by atoms with Crippen molar-refractivity contribution in [3.8, 4) is 0 Å². The van der Waals surface area contributed by atoms with E-state index in [4.69, 9.17) is 21.1 Å². The molecule has 1 amide bonds. The maximum atomic E-state index is 12.7. The second-order valence-corrected chi connectivity index (χ2v) is 6.89. The standard InChI is InChI=1S/C17H22ClNO4/c1-10-6-7-11(2)14-12(10)8-13(15(20)22-9-18)19(14)16(21)23-17(3,4)5/h6-7,13H,8-9H2,1-5H3.